The van der Waals surface area contributed by atoms with E-state index in [9.17, 15) is 22.9 Å². The standard InChI is InChI=1S/C21H20N6O6S/c1-11-7-8-16(28)14(9-11)25-27-20-18(22)15(10-17(19(20)23)34(30,31)32)26-24-13-6-4-3-5-12(13)21(29)33-2/h3-10,28H,22-23H2,1-2H3,(H,30,31,32). The number of azo groups is 2. The molecule has 34 heavy (non-hydrogen) atoms. The molecule has 176 valence electrons. The molecule has 0 spiro atoms. The molecule has 0 atom stereocenters. The first kappa shape index (κ1) is 24.3. The number of hydrogen-bond acceptors (Lipinski definition) is 11. The van der Waals surface area contributed by atoms with Gasteiger partial charge in [0.2, 0.25) is 0 Å². The summed E-state index contributed by atoms with van der Waals surface area (Å²) in [6, 6.07) is 11.6. The lowest BCUT2D eigenvalue weighted by Gasteiger charge is -2.10. The number of ether oxygens (including phenoxy) is 1. The number of benzene rings is 3. The number of aryl methyl sites for hydroxylation is 1. The maximum absolute atomic E-state index is 11.9. The number of nitrogens with zero attached hydrogens (tertiary/aromatic N) is 4. The van der Waals surface area contributed by atoms with Gasteiger partial charge in [0.15, 0.2) is 0 Å². The molecule has 0 saturated carbocycles. The van der Waals surface area contributed by atoms with Gasteiger partial charge < -0.3 is 21.3 Å². The minimum atomic E-state index is -4.81. The molecule has 0 aliphatic rings. The van der Waals surface area contributed by atoms with Crippen LogP contribution in [0.4, 0.5) is 34.1 Å². The van der Waals surface area contributed by atoms with Gasteiger partial charge in [-0.15, -0.1) is 20.5 Å². The Morgan fingerprint density at radius 1 is 0.912 bits per heavy atom. The Balaban J connectivity index is 2.16. The van der Waals surface area contributed by atoms with Crippen molar-refractivity contribution in [3.05, 3.63) is 59.7 Å². The summed E-state index contributed by atoms with van der Waals surface area (Å²) < 4.78 is 38.1. The number of methoxy groups -OCH3 is 1. The number of aromatic hydroxyl groups is 1. The summed E-state index contributed by atoms with van der Waals surface area (Å²) in [5.41, 5.74) is 11.8. The van der Waals surface area contributed by atoms with Gasteiger partial charge in [-0.05, 0) is 42.8 Å². The number of nitrogen functional groups attached to an aromatic ring is 2. The average Bonchev–Trinajstić information content (AvgIpc) is 2.79. The van der Waals surface area contributed by atoms with Crippen molar-refractivity contribution in [3.63, 3.8) is 0 Å². The van der Waals surface area contributed by atoms with Gasteiger partial charge in [-0.25, -0.2) is 4.79 Å². The van der Waals surface area contributed by atoms with Crippen molar-refractivity contribution in [1.82, 2.24) is 0 Å². The lowest BCUT2D eigenvalue weighted by molar-refractivity contribution is 0.0601. The van der Waals surface area contributed by atoms with E-state index >= 15 is 0 Å². The molecule has 3 aromatic rings. The van der Waals surface area contributed by atoms with Crippen LogP contribution in [0, 0.1) is 6.92 Å². The van der Waals surface area contributed by atoms with Crippen molar-refractivity contribution in [1.29, 1.82) is 0 Å². The van der Waals surface area contributed by atoms with E-state index in [1.54, 1.807) is 25.1 Å². The van der Waals surface area contributed by atoms with Crippen molar-refractivity contribution in [3.8, 4) is 5.75 Å². The van der Waals surface area contributed by atoms with Gasteiger partial charge in [0, 0.05) is 0 Å². The zero-order valence-corrected chi connectivity index (χ0v) is 18.8. The first-order valence-electron chi connectivity index (χ1n) is 9.52. The van der Waals surface area contributed by atoms with Crippen molar-refractivity contribution >= 4 is 50.2 Å². The van der Waals surface area contributed by atoms with Crippen LogP contribution >= 0.6 is 0 Å². The lowest BCUT2D eigenvalue weighted by Crippen LogP contribution is -2.05. The van der Waals surface area contributed by atoms with Crippen molar-refractivity contribution in [2.45, 2.75) is 11.8 Å². The normalized spacial score (nSPS) is 11.9. The molecule has 0 aliphatic carbocycles. The quantitative estimate of drug-likeness (QED) is 0.166. The predicted octanol–water partition coefficient (Wildman–Crippen LogP) is 4.73. The summed E-state index contributed by atoms with van der Waals surface area (Å²) in [6.45, 7) is 1.77. The summed E-state index contributed by atoms with van der Waals surface area (Å²) in [6.07, 6.45) is 0. The molecular formula is C21H20N6O6S. The number of nitrogens with two attached hydrogens (primary N) is 2. The van der Waals surface area contributed by atoms with E-state index in [0.717, 1.165) is 11.6 Å². The maximum Gasteiger partial charge on any atom is 0.340 e. The molecule has 0 amide bonds. The SMILES string of the molecule is COC(=O)c1ccccc1N=Nc1cc(S(=O)(=O)O)c(N)c(N=Nc2cc(C)ccc2O)c1N. The van der Waals surface area contributed by atoms with Gasteiger partial charge in [0.1, 0.15) is 33.4 Å². The second-order valence-corrected chi connectivity index (χ2v) is 8.34. The lowest BCUT2D eigenvalue weighted by atomic mass is 10.2. The van der Waals surface area contributed by atoms with Crippen LogP contribution in [0.5, 0.6) is 5.75 Å². The Bertz CT molecular complexity index is 1440. The summed E-state index contributed by atoms with van der Waals surface area (Å²) in [5.74, 6) is -0.845. The first-order valence-corrected chi connectivity index (χ1v) is 11.0. The van der Waals surface area contributed by atoms with Crippen LogP contribution < -0.4 is 11.5 Å². The molecule has 6 N–H and O–H groups in total. The Morgan fingerprint density at radius 3 is 2.24 bits per heavy atom. The molecule has 0 bridgehead atoms. The number of carbonyl (C=O) groups is 1. The number of esters is 1. The molecule has 0 radical (unpaired) electrons. The van der Waals surface area contributed by atoms with Crippen LogP contribution in [0.25, 0.3) is 0 Å². The average molecular weight is 484 g/mol. The Hall–Kier alpha value is -4.36. The van der Waals surface area contributed by atoms with Gasteiger partial charge in [0.05, 0.1) is 24.0 Å². The van der Waals surface area contributed by atoms with E-state index in [2.05, 4.69) is 20.5 Å². The summed E-state index contributed by atoms with van der Waals surface area (Å²) in [7, 11) is -3.60. The Kier molecular flexibility index (Phi) is 6.89. The van der Waals surface area contributed by atoms with E-state index in [-0.39, 0.29) is 39.7 Å². The summed E-state index contributed by atoms with van der Waals surface area (Å²) in [5, 5.41) is 25.6. The third-order valence-electron chi connectivity index (χ3n) is 4.56. The zero-order valence-electron chi connectivity index (χ0n) is 18.0. The fourth-order valence-electron chi connectivity index (χ4n) is 2.84. The number of rotatable bonds is 6. The fraction of sp³-hybridized carbons (Fsp3) is 0.0952. The Labute approximate surface area is 194 Å². The minimum Gasteiger partial charge on any atom is -0.506 e. The summed E-state index contributed by atoms with van der Waals surface area (Å²) >= 11 is 0. The third kappa shape index (κ3) is 5.16. The molecule has 0 heterocycles. The zero-order chi connectivity index (χ0) is 25.0. The highest BCUT2D eigenvalue weighted by Crippen LogP contribution is 2.43. The number of carbonyl (C=O) groups excluding carboxylic acids is 1. The van der Waals surface area contributed by atoms with Gasteiger partial charge in [0.25, 0.3) is 10.1 Å². The number of hydrogen-bond donors (Lipinski definition) is 4. The molecule has 12 nitrogen and oxygen atoms in total. The van der Waals surface area contributed by atoms with E-state index in [0.29, 0.717) is 0 Å². The van der Waals surface area contributed by atoms with Crippen molar-refractivity contribution < 1.29 is 27.6 Å². The number of anilines is 2. The minimum absolute atomic E-state index is 0.0752. The second-order valence-electron chi connectivity index (χ2n) is 6.95. The highest BCUT2D eigenvalue weighted by Gasteiger charge is 2.22. The molecular weight excluding hydrogens is 464 g/mol. The summed E-state index contributed by atoms with van der Waals surface area (Å²) in [4.78, 5) is 11.2. The number of phenols is 1. The smallest absolute Gasteiger partial charge is 0.340 e. The molecule has 3 aromatic carbocycles. The third-order valence-corrected chi connectivity index (χ3v) is 5.45. The second kappa shape index (κ2) is 9.64. The molecule has 0 aliphatic heterocycles. The fourth-order valence-corrected chi connectivity index (χ4v) is 3.47. The molecule has 0 unspecified atom stereocenters. The van der Waals surface area contributed by atoms with E-state index in [4.69, 9.17) is 16.2 Å². The number of phenolic OH excluding ortho intramolecular Hbond substituents is 1. The van der Waals surface area contributed by atoms with Crippen LogP contribution in [0.2, 0.25) is 0 Å². The van der Waals surface area contributed by atoms with E-state index in [1.165, 1.54) is 31.4 Å². The molecule has 3 rings (SSSR count). The highest BCUT2D eigenvalue weighted by atomic mass is 32.2. The van der Waals surface area contributed by atoms with Crippen LogP contribution in [-0.4, -0.2) is 31.2 Å². The van der Waals surface area contributed by atoms with Crippen molar-refractivity contribution in [2.75, 3.05) is 18.6 Å². The van der Waals surface area contributed by atoms with Crippen LogP contribution in [0.1, 0.15) is 15.9 Å². The molecule has 0 saturated heterocycles. The van der Waals surface area contributed by atoms with Gasteiger partial charge in [-0.2, -0.15) is 8.42 Å². The highest BCUT2D eigenvalue weighted by molar-refractivity contribution is 7.86. The van der Waals surface area contributed by atoms with Crippen LogP contribution in [0.15, 0.2) is 73.9 Å². The van der Waals surface area contributed by atoms with Crippen molar-refractivity contribution in [2.24, 2.45) is 20.5 Å². The Morgan fingerprint density at radius 2 is 1.56 bits per heavy atom. The molecule has 0 aromatic heterocycles. The topological polar surface area (TPSA) is 202 Å². The van der Waals surface area contributed by atoms with Gasteiger partial charge >= 0.3 is 5.97 Å². The van der Waals surface area contributed by atoms with Crippen LogP contribution in [0.3, 0.4) is 0 Å². The van der Waals surface area contributed by atoms with Crippen LogP contribution in [-0.2, 0) is 14.9 Å². The molecule has 0 fully saturated rings. The van der Waals surface area contributed by atoms with E-state index < -0.39 is 26.7 Å². The van der Waals surface area contributed by atoms with Gasteiger partial charge in [-0.3, -0.25) is 4.55 Å². The first-order chi connectivity index (χ1) is 16.0. The predicted molar refractivity (Wildman–Crippen MR) is 124 cm³/mol. The largest absolute Gasteiger partial charge is 0.506 e. The maximum atomic E-state index is 11.9. The van der Waals surface area contributed by atoms with E-state index in [1.807, 2.05) is 0 Å². The molecule has 13 heteroatoms. The van der Waals surface area contributed by atoms with Gasteiger partial charge in [-0.1, -0.05) is 18.2 Å². The monoisotopic (exact) mass is 484 g/mol.